The van der Waals surface area contributed by atoms with E-state index in [1.807, 2.05) is 0 Å². The first-order valence-electron chi connectivity index (χ1n) is 2.84. The maximum absolute atomic E-state index is 8.26. The van der Waals surface area contributed by atoms with Crippen LogP contribution in [0.25, 0.3) is 0 Å². The summed E-state index contributed by atoms with van der Waals surface area (Å²) >= 11 is 0. The average Bonchev–Trinajstić information content (AvgIpc) is 1.81. The van der Waals surface area contributed by atoms with Gasteiger partial charge in [-0.15, -0.1) is 0 Å². The summed E-state index contributed by atoms with van der Waals surface area (Å²) in [5, 5.41) is 19.4. The molecule has 0 saturated carbocycles. The first-order chi connectivity index (χ1) is 3.91. The fourth-order valence-electron chi connectivity index (χ4n) is 0.408. The molecule has 0 amide bonds. The summed E-state index contributed by atoms with van der Waals surface area (Å²) in [6.07, 6.45) is 0.764. The Morgan fingerprint density at radius 3 is 2.11 bits per heavy atom. The largest absolute Gasteiger partial charge is 0.396 e. The fraction of sp³-hybridized carbons (Fsp3) is 1.00. The lowest BCUT2D eigenvalue weighted by atomic mass is 10.4. The molecule has 0 aromatic carbocycles. The Hall–Kier alpha value is -0.120. The second-order valence-corrected chi connectivity index (χ2v) is 1.55. The van der Waals surface area contributed by atoms with Gasteiger partial charge in [-0.2, -0.15) is 0 Å². The van der Waals surface area contributed by atoms with E-state index >= 15 is 0 Å². The van der Waals surface area contributed by atoms with Crippen molar-refractivity contribution in [2.24, 2.45) is 0 Å². The molecule has 0 bridgehead atoms. The maximum Gasteiger partial charge on any atom is 0.0555 e. The van der Waals surface area contributed by atoms with Gasteiger partial charge in [0, 0.05) is 13.2 Å². The van der Waals surface area contributed by atoms with E-state index in [9.17, 15) is 0 Å². The Bertz CT molecular complexity index is 36.0. The summed E-state index contributed by atoms with van der Waals surface area (Å²) in [5.74, 6) is 0. The van der Waals surface area contributed by atoms with Gasteiger partial charge in [0.05, 0.1) is 6.61 Å². The van der Waals surface area contributed by atoms with E-state index in [-0.39, 0.29) is 20.6 Å². The molecular formula is C6H17NO2. The van der Waals surface area contributed by atoms with Gasteiger partial charge in [0.1, 0.15) is 0 Å². The van der Waals surface area contributed by atoms with E-state index in [0.717, 1.165) is 13.0 Å². The highest BCUT2D eigenvalue weighted by atomic mass is 16.3. The van der Waals surface area contributed by atoms with Crippen LogP contribution < -0.4 is 5.32 Å². The molecule has 0 fully saturated rings. The first kappa shape index (κ1) is 11.6. The van der Waals surface area contributed by atoms with Crippen molar-refractivity contribution >= 4 is 0 Å². The molecule has 0 spiro atoms. The minimum atomic E-state index is 0. The van der Waals surface area contributed by atoms with Crippen molar-refractivity contribution in [3.05, 3.63) is 0 Å². The zero-order chi connectivity index (χ0) is 6.24. The van der Waals surface area contributed by atoms with Crippen LogP contribution in [0.1, 0.15) is 13.8 Å². The standard InChI is InChI=1S/C5H13NO2.CH4/c7-4-1-2-6-3-5-8;/h6-8H,1-5H2;1H4. The highest BCUT2D eigenvalue weighted by Crippen LogP contribution is 1.69. The molecule has 0 aromatic heterocycles. The third-order valence-corrected chi connectivity index (χ3v) is 0.800. The number of hydrogen-bond donors (Lipinski definition) is 3. The Labute approximate surface area is 56.7 Å². The molecule has 9 heavy (non-hydrogen) atoms. The third-order valence-electron chi connectivity index (χ3n) is 0.800. The SMILES string of the molecule is C.OCCCNCCO. The van der Waals surface area contributed by atoms with Crippen LogP contribution in [0, 0.1) is 0 Å². The molecule has 0 heterocycles. The van der Waals surface area contributed by atoms with E-state index < -0.39 is 0 Å². The maximum atomic E-state index is 8.26. The summed E-state index contributed by atoms with van der Waals surface area (Å²) in [7, 11) is 0. The molecule has 3 N–H and O–H groups in total. The van der Waals surface area contributed by atoms with Crippen molar-refractivity contribution in [1.82, 2.24) is 5.32 Å². The van der Waals surface area contributed by atoms with Crippen LogP contribution in [0.15, 0.2) is 0 Å². The number of hydrogen-bond acceptors (Lipinski definition) is 3. The van der Waals surface area contributed by atoms with Crippen LogP contribution in [0.2, 0.25) is 0 Å². The number of nitrogens with one attached hydrogen (secondary N) is 1. The average molecular weight is 135 g/mol. The zero-order valence-electron chi connectivity index (χ0n) is 4.93. The molecule has 0 unspecified atom stereocenters. The monoisotopic (exact) mass is 135 g/mol. The van der Waals surface area contributed by atoms with Crippen molar-refractivity contribution in [2.75, 3.05) is 26.3 Å². The van der Waals surface area contributed by atoms with Crippen LogP contribution in [0.4, 0.5) is 0 Å². The lowest BCUT2D eigenvalue weighted by Crippen LogP contribution is -2.19. The van der Waals surface area contributed by atoms with Crippen molar-refractivity contribution < 1.29 is 10.2 Å². The molecule has 3 heteroatoms. The molecule has 0 aliphatic heterocycles. The molecule has 0 radical (unpaired) electrons. The molecule has 58 valence electrons. The van der Waals surface area contributed by atoms with Crippen LogP contribution >= 0.6 is 0 Å². The molecule has 0 aliphatic rings. The van der Waals surface area contributed by atoms with Gasteiger partial charge in [0.15, 0.2) is 0 Å². The quantitative estimate of drug-likeness (QED) is 0.449. The summed E-state index contributed by atoms with van der Waals surface area (Å²) in [6, 6.07) is 0. The van der Waals surface area contributed by atoms with E-state index in [4.69, 9.17) is 10.2 Å². The normalized spacial score (nSPS) is 8.67. The van der Waals surface area contributed by atoms with E-state index in [1.54, 1.807) is 0 Å². The van der Waals surface area contributed by atoms with Crippen LogP contribution in [-0.2, 0) is 0 Å². The summed E-state index contributed by atoms with van der Waals surface area (Å²) in [4.78, 5) is 0. The van der Waals surface area contributed by atoms with Gasteiger partial charge < -0.3 is 15.5 Å². The minimum Gasteiger partial charge on any atom is -0.396 e. The Morgan fingerprint density at radius 2 is 1.67 bits per heavy atom. The van der Waals surface area contributed by atoms with Crippen molar-refractivity contribution in [3.8, 4) is 0 Å². The van der Waals surface area contributed by atoms with Crippen molar-refractivity contribution in [1.29, 1.82) is 0 Å². The van der Waals surface area contributed by atoms with Gasteiger partial charge in [0.25, 0.3) is 0 Å². The Balaban J connectivity index is 0. The van der Waals surface area contributed by atoms with Crippen LogP contribution in [-0.4, -0.2) is 36.5 Å². The predicted octanol–water partition coefficient (Wildman–Crippen LogP) is -0.413. The highest BCUT2D eigenvalue weighted by molar-refractivity contribution is 4.43. The highest BCUT2D eigenvalue weighted by Gasteiger charge is 1.81. The van der Waals surface area contributed by atoms with Crippen molar-refractivity contribution in [2.45, 2.75) is 13.8 Å². The van der Waals surface area contributed by atoms with Crippen LogP contribution in [0.3, 0.4) is 0 Å². The molecule has 0 aliphatic carbocycles. The number of rotatable bonds is 5. The van der Waals surface area contributed by atoms with Gasteiger partial charge in [-0.05, 0) is 13.0 Å². The Morgan fingerprint density at radius 1 is 1.00 bits per heavy atom. The van der Waals surface area contributed by atoms with E-state index in [0.29, 0.717) is 6.54 Å². The lowest BCUT2D eigenvalue weighted by Gasteiger charge is -1.97. The van der Waals surface area contributed by atoms with Gasteiger partial charge in [-0.3, -0.25) is 0 Å². The zero-order valence-corrected chi connectivity index (χ0v) is 4.93. The number of aliphatic hydroxyl groups excluding tert-OH is 2. The number of aliphatic hydroxyl groups is 2. The second-order valence-electron chi connectivity index (χ2n) is 1.55. The summed E-state index contributed by atoms with van der Waals surface area (Å²) in [6.45, 7) is 1.81. The van der Waals surface area contributed by atoms with E-state index in [2.05, 4.69) is 5.32 Å². The van der Waals surface area contributed by atoms with Crippen LogP contribution in [0.5, 0.6) is 0 Å². The second kappa shape index (κ2) is 10.8. The van der Waals surface area contributed by atoms with Crippen molar-refractivity contribution in [3.63, 3.8) is 0 Å². The minimum absolute atomic E-state index is 0. The molecule has 0 aromatic rings. The fourth-order valence-corrected chi connectivity index (χ4v) is 0.408. The first-order valence-corrected chi connectivity index (χ1v) is 2.84. The molecule has 3 nitrogen and oxygen atoms in total. The topological polar surface area (TPSA) is 52.5 Å². The summed E-state index contributed by atoms with van der Waals surface area (Å²) in [5.41, 5.74) is 0. The van der Waals surface area contributed by atoms with Gasteiger partial charge in [-0.25, -0.2) is 0 Å². The molecule has 0 saturated heterocycles. The predicted molar refractivity (Wildman–Crippen MR) is 38.4 cm³/mol. The molecule has 0 atom stereocenters. The molecule has 0 rings (SSSR count). The smallest absolute Gasteiger partial charge is 0.0555 e. The van der Waals surface area contributed by atoms with Gasteiger partial charge in [0.2, 0.25) is 0 Å². The van der Waals surface area contributed by atoms with Gasteiger partial charge in [-0.1, -0.05) is 7.43 Å². The third kappa shape index (κ3) is 11.4. The molecular weight excluding hydrogens is 118 g/mol. The lowest BCUT2D eigenvalue weighted by molar-refractivity contribution is 0.272. The van der Waals surface area contributed by atoms with Gasteiger partial charge >= 0.3 is 0 Å². The summed E-state index contributed by atoms with van der Waals surface area (Å²) < 4.78 is 0. The van der Waals surface area contributed by atoms with E-state index in [1.165, 1.54) is 0 Å². The Kier molecular flexibility index (Phi) is 14.0.